The fraction of sp³-hybridized carbons (Fsp3) is 0.444. The topological polar surface area (TPSA) is 29.3 Å². The first-order valence-electron chi connectivity index (χ1n) is 7.64. The van der Waals surface area contributed by atoms with E-state index in [0.29, 0.717) is 12.1 Å². The van der Waals surface area contributed by atoms with E-state index in [2.05, 4.69) is 55.3 Å². The van der Waals surface area contributed by atoms with Crippen molar-refractivity contribution < 1.29 is 0 Å². The summed E-state index contributed by atoms with van der Waals surface area (Å²) >= 11 is 0. The molecule has 0 radical (unpaired) electrons. The van der Waals surface area contributed by atoms with Gasteiger partial charge in [-0.1, -0.05) is 42.7 Å². The summed E-state index contributed by atoms with van der Waals surface area (Å²) in [5.41, 5.74) is 8.90. The Morgan fingerprint density at radius 1 is 1.00 bits per heavy atom. The summed E-state index contributed by atoms with van der Waals surface area (Å²) in [4.78, 5) is 2.38. The van der Waals surface area contributed by atoms with Crippen LogP contribution >= 0.6 is 0 Å². The van der Waals surface area contributed by atoms with Crippen molar-refractivity contribution in [1.29, 1.82) is 0 Å². The average molecular weight is 268 g/mol. The summed E-state index contributed by atoms with van der Waals surface area (Å²) in [6.07, 6.45) is 4.95. The van der Waals surface area contributed by atoms with Crippen LogP contribution in [0.25, 0.3) is 10.8 Å². The van der Waals surface area contributed by atoms with Crippen LogP contribution in [0.5, 0.6) is 0 Å². The summed E-state index contributed by atoms with van der Waals surface area (Å²) in [6.45, 7) is 2.14. The minimum absolute atomic E-state index is 0.308. The molecule has 0 saturated heterocycles. The molecule has 3 rings (SSSR count). The first-order chi connectivity index (χ1) is 9.65. The van der Waals surface area contributed by atoms with Gasteiger partial charge in [-0.15, -0.1) is 0 Å². The van der Waals surface area contributed by atoms with Crippen LogP contribution in [-0.4, -0.2) is 19.1 Å². The van der Waals surface area contributed by atoms with Gasteiger partial charge in [-0.25, -0.2) is 0 Å². The van der Waals surface area contributed by atoms with Crippen LogP contribution in [0, 0.1) is 6.92 Å². The number of hydrogen-bond acceptors (Lipinski definition) is 2. The van der Waals surface area contributed by atoms with Crippen molar-refractivity contribution in [3.8, 4) is 0 Å². The lowest BCUT2D eigenvalue weighted by atomic mass is 9.89. The largest absolute Gasteiger partial charge is 0.370 e. The molecule has 0 aliphatic heterocycles. The quantitative estimate of drug-likeness (QED) is 0.896. The molecule has 2 atom stereocenters. The molecule has 106 valence electrons. The molecule has 2 unspecified atom stereocenters. The third-order valence-corrected chi connectivity index (χ3v) is 4.67. The number of likely N-dealkylation sites (N-methyl/N-ethyl adjacent to an activating group) is 1. The third kappa shape index (κ3) is 2.53. The molecular weight excluding hydrogens is 244 g/mol. The molecule has 1 fully saturated rings. The first-order valence-corrected chi connectivity index (χ1v) is 7.64. The Bertz CT molecular complexity index is 605. The zero-order valence-electron chi connectivity index (χ0n) is 12.5. The Labute approximate surface area is 121 Å². The number of hydrogen-bond donors (Lipinski definition) is 1. The summed E-state index contributed by atoms with van der Waals surface area (Å²) < 4.78 is 0. The van der Waals surface area contributed by atoms with Crippen molar-refractivity contribution in [3.05, 3.63) is 42.0 Å². The summed E-state index contributed by atoms with van der Waals surface area (Å²) in [5, 5.41) is 2.62. The molecule has 2 aromatic rings. The van der Waals surface area contributed by atoms with E-state index in [1.807, 2.05) is 0 Å². The molecule has 0 heterocycles. The molecule has 1 aliphatic carbocycles. The van der Waals surface area contributed by atoms with Crippen molar-refractivity contribution in [2.45, 2.75) is 44.7 Å². The lowest BCUT2D eigenvalue weighted by Gasteiger charge is -2.37. The van der Waals surface area contributed by atoms with E-state index >= 15 is 0 Å². The second kappa shape index (κ2) is 5.45. The number of rotatable bonds is 2. The van der Waals surface area contributed by atoms with E-state index in [1.54, 1.807) is 0 Å². The van der Waals surface area contributed by atoms with Crippen LogP contribution < -0.4 is 10.6 Å². The fourth-order valence-corrected chi connectivity index (χ4v) is 3.38. The van der Waals surface area contributed by atoms with Gasteiger partial charge in [0.15, 0.2) is 0 Å². The van der Waals surface area contributed by atoms with E-state index in [1.165, 1.54) is 41.3 Å². The predicted octanol–water partition coefficient (Wildman–Crippen LogP) is 3.85. The van der Waals surface area contributed by atoms with Gasteiger partial charge in [-0.05, 0) is 42.7 Å². The maximum absolute atomic E-state index is 6.31. The summed E-state index contributed by atoms with van der Waals surface area (Å²) in [7, 11) is 2.19. The molecule has 0 aromatic heterocycles. The van der Waals surface area contributed by atoms with Gasteiger partial charge in [0.25, 0.3) is 0 Å². The molecule has 2 N–H and O–H groups in total. The lowest BCUT2D eigenvalue weighted by Crippen LogP contribution is -2.48. The molecule has 1 saturated carbocycles. The summed E-state index contributed by atoms with van der Waals surface area (Å²) in [5.74, 6) is 0. The Kier molecular flexibility index (Phi) is 3.66. The molecule has 20 heavy (non-hydrogen) atoms. The molecule has 0 spiro atoms. The monoisotopic (exact) mass is 268 g/mol. The van der Waals surface area contributed by atoms with Gasteiger partial charge in [0.2, 0.25) is 0 Å². The molecule has 2 aromatic carbocycles. The van der Waals surface area contributed by atoms with Crippen LogP contribution in [0.4, 0.5) is 5.69 Å². The van der Waals surface area contributed by atoms with Gasteiger partial charge in [0.1, 0.15) is 0 Å². The van der Waals surface area contributed by atoms with Gasteiger partial charge in [0, 0.05) is 24.8 Å². The highest BCUT2D eigenvalue weighted by molar-refractivity contribution is 5.86. The number of aryl methyl sites for hydroxylation is 1. The molecule has 2 heteroatoms. The Hall–Kier alpha value is -1.54. The van der Waals surface area contributed by atoms with Crippen molar-refractivity contribution in [2.24, 2.45) is 5.73 Å². The van der Waals surface area contributed by atoms with E-state index in [9.17, 15) is 0 Å². The SMILES string of the molecule is Cc1ccc2cc(N(C)C3CCCCC3N)ccc2c1. The minimum Gasteiger partial charge on any atom is -0.370 e. The Morgan fingerprint density at radius 3 is 2.50 bits per heavy atom. The van der Waals surface area contributed by atoms with Crippen molar-refractivity contribution in [3.63, 3.8) is 0 Å². The van der Waals surface area contributed by atoms with Gasteiger partial charge < -0.3 is 10.6 Å². The Balaban J connectivity index is 1.91. The number of nitrogens with zero attached hydrogens (tertiary/aromatic N) is 1. The second-order valence-electron chi connectivity index (χ2n) is 6.16. The average Bonchev–Trinajstić information content (AvgIpc) is 2.46. The second-order valence-corrected chi connectivity index (χ2v) is 6.16. The van der Waals surface area contributed by atoms with Crippen LogP contribution in [0.15, 0.2) is 36.4 Å². The highest BCUT2D eigenvalue weighted by Gasteiger charge is 2.25. The first kappa shape index (κ1) is 13.4. The van der Waals surface area contributed by atoms with Gasteiger partial charge in [-0.3, -0.25) is 0 Å². The van der Waals surface area contributed by atoms with E-state index in [4.69, 9.17) is 5.73 Å². The van der Waals surface area contributed by atoms with E-state index in [-0.39, 0.29) is 0 Å². The maximum Gasteiger partial charge on any atom is 0.0437 e. The maximum atomic E-state index is 6.31. The highest BCUT2D eigenvalue weighted by atomic mass is 15.2. The molecule has 1 aliphatic rings. The Morgan fingerprint density at radius 2 is 1.70 bits per heavy atom. The van der Waals surface area contributed by atoms with Gasteiger partial charge in [0.05, 0.1) is 0 Å². The smallest absolute Gasteiger partial charge is 0.0437 e. The molecule has 0 bridgehead atoms. The highest BCUT2D eigenvalue weighted by Crippen LogP contribution is 2.28. The normalized spacial score (nSPS) is 22.9. The summed E-state index contributed by atoms with van der Waals surface area (Å²) in [6, 6.07) is 14.2. The zero-order valence-corrected chi connectivity index (χ0v) is 12.5. The number of anilines is 1. The van der Waals surface area contributed by atoms with Crippen molar-refractivity contribution >= 4 is 16.5 Å². The van der Waals surface area contributed by atoms with Crippen LogP contribution in [0.2, 0.25) is 0 Å². The molecular formula is C18H24N2. The number of benzene rings is 2. The molecule has 2 nitrogen and oxygen atoms in total. The van der Waals surface area contributed by atoms with Gasteiger partial charge >= 0.3 is 0 Å². The number of nitrogens with two attached hydrogens (primary N) is 1. The van der Waals surface area contributed by atoms with Gasteiger partial charge in [-0.2, -0.15) is 0 Å². The predicted molar refractivity (Wildman–Crippen MR) is 87.3 cm³/mol. The lowest BCUT2D eigenvalue weighted by molar-refractivity contribution is 0.374. The third-order valence-electron chi connectivity index (χ3n) is 4.67. The standard InChI is InChI=1S/C18H24N2/c1-13-7-8-15-12-16(10-9-14(15)11-13)20(2)18-6-4-3-5-17(18)19/h7-12,17-18H,3-6,19H2,1-2H3. The van der Waals surface area contributed by atoms with E-state index < -0.39 is 0 Å². The van der Waals surface area contributed by atoms with E-state index in [0.717, 1.165) is 6.42 Å². The van der Waals surface area contributed by atoms with Crippen molar-refractivity contribution in [1.82, 2.24) is 0 Å². The number of fused-ring (bicyclic) bond motifs is 1. The van der Waals surface area contributed by atoms with Crippen molar-refractivity contribution in [2.75, 3.05) is 11.9 Å². The fourth-order valence-electron chi connectivity index (χ4n) is 3.38. The zero-order chi connectivity index (χ0) is 14.1. The van der Waals surface area contributed by atoms with Crippen LogP contribution in [0.1, 0.15) is 31.2 Å². The van der Waals surface area contributed by atoms with Crippen LogP contribution in [0.3, 0.4) is 0 Å². The van der Waals surface area contributed by atoms with Crippen LogP contribution in [-0.2, 0) is 0 Å². The molecule has 0 amide bonds. The minimum atomic E-state index is 0.308.